The number of benzene rings is 1. The fourth-order valence-electron chi connectivity index (χ4n) is 1.88. The first-order valence-corrected chi connectivity index (χ1v) is 5.32. The SMILES string of the molecule is C=C(Cl)CNc1ccc2c(c1)CCC2. The van der Waals surface area contributed by atoms with E-state index in [4.69, 9.17) is 11.6 Å². The van der Waals surface area contributed by atoms with Gasteiger partial charge in [0.2, 0.25) is 0 Å². The Morgan fingerprint density at radius 1 is 1.36 bits per heavy atom. The first-order valence-electron chi connectivity index (χ1n) is 4.94. The lowest BCUT2D eigenvalue weighted by atomic mass is 10.1. The van der Waals surface area contributed by atoms with Gasteiger partial charge in [0.05, 0.1) is 6.54 Å². The van der Waals surface area contributed by atoms with Gasteiger partial charge in [0.15, 0.2) is 0 Å². The second-order valence-electron chi connectivity index (χ2n) is 3.71. The minimum Gasteiger partial charge on any atom is -0.380 e. The van der Waals surface area contributed by atoms with Crippen LogP contribution in [0.15, 0.2) is 29.8 Å². The summed E-state index contributed by atoms with van der Waals surface area (Å²) in [5.74, 6) is 0. The van der Waals surface area contributed by atoms with E-state index in [1.807, 2.05) is 0 Å². The van der Waals surface area contributed by atoms with Crippen LogP contribution in [0.4, 0.5) is 5.69 Å². The van der Waals surface area contributed by atoms with Gasteiger partial charge in [-0.3, -0.25) is 0 Å². The van der Waals surface area contributed by atoms with Gasteiger partial charge in [0, 0.05) is 10.7 Å². The summed E-state index contributed by atoms with van der Waals surface area (Å²) < 4.78 is 0. The highest BCUT2D eigenvalue weighted by Crippen LogP contribution is 2.24. The van der Waals surface area contributed by atoms with Crippen LogP contribution in [0.25, 0.3) is 0 Å². The van der Waals surface area contributed by atoms with E-state index in [0.29, 0.717) is 11.6 Å². The Kier molecular flexibility index (Phi) is 2.78. The van der Waals surface area contributed by atoms with E-state index in [9.17, 15) is 0 Å². The van der Waals surface area contributed by atoms with Crippen molar-refractivity contribution < 1.29 is 0 Å². The summed E-state index contributed by atoms with van der Waals surface area (Å²) in [6.07, 6.45) is 3.74. The molecular weight excluding hydrogens is 194 g/mol. The fraction of sp³-hybridized carbons (Fsp3) is 0.333. The van der Waals surface area contributed by atoms with E-state index < -0.39 is 0 Å². The Bertz CT molecular complexity index is 357. The molecule has 2 rings (SSSR count). The van der Waals surface area contributed by atoms with Gasteiger partial charge in [-0.1, -0.05) is 24.2 Å². The Hall–Kier alpha value is -0.950. The smallest absolute Gasteiger partial charge is 0.0501 e. The number of halogens is 1. The zero-order chi connectivity index (χ0) is 9.97. The molecule has 0 amide bonds. The molecule has 0 unspecified atom stereocenters. The third-order valence-electron chi connectivity index (χ3n) is 2.58. The van der Waals surface area contributed by atoms with Gasteiger partial charge in [-0.05, 0) is 42.5 Å². The minimum absolute atomic E-state index is 0.639. The van der Waals surface area contributed by atoms with Crippen molar-refractivity contribution in [2.75, 3.05) is 11.9 Å². The molecule has 0 heterocycles. The molecule has 74 valence electrons. The van der Waals surface area contributed by atoms with Crippen molar-refractivity contribution in [2.24, 2.45) is 0 Å². The molecule has 0 fully saturated rings. The van der Waals surface area contributed by atoms with Gasteiger partial charge in [-0.15, -0.1) is 0 Å². The number of aryl methyl sites for hydroxylation is 2. The first kappa shape index (κ1) is 9.60. The summed E-state index contributed by atoms with van der Waals surface area (Å²) >= 11 is 5.69. The molecule has 1 aromatic carbocycles. The van der Waals surface area contributed by atoms with Crippen LogP contribution in [-0.4, -0.2) is 6.54 Å². The van der Waals surface area contributed by atoms with Crippen molar-refractivity contribution in [1.82, 2.24) is 0 Å². The molecule has 1 nitrogen and oxygen atoms in total. The lowest BCUT2D eigenvalue weighted by molar-refractivity contribution is 0.912. The summed E-state index contributed by atoms with van der Waals surface area (Å²) in [6, 6.07) is 6.55. The molecule has 0 saturated carbocycles. The largest absolute Gasteiger partial charge is 0.380 e. The number of fused-ring (bicyclic) bond motifs is 1. The number of nitrogens with one attached hydrogen (secondary N) is 1. The second-order valence-corrected chi connectivity index (χ2v) is 4.24. The van der Waals surface area contributed by atoms with E-state index >= 15 is 0 Å². The summed E-state index contributed by atoms with van der Waals surface area (Å²) in [7, 11) is 0. The number of anilines is 1. The predicted octanol–water partition coefficient (Wildman–Crippen LogP) is 3.34. The molecule has 0 radical (unpaired) electrons. The van der Waals surface area contributed by atoms with Crippen molar-refractivity contribution in [3.63, 3.8) is 0 Å². The summed E-state index contributed by atoms with van der Waals surface area (Å²) in [4.78, 5) is 0. The van der Waals surface area contributed by atoms with E-state index in [-0.39, 0.29) is 0 Å². The highest BCUT2D eigenvalue weighted by atomic mass is 35.5. The van der Waals surface area contributed by atoms with E-state index in [2.05, 4.69) is 30.1 Å². The minimum atomic E-state index is 0.639. The molecule has 0 bridgehead atoms. The highest BCUT2D eigenvalue weighted by molar-refractivity contribution is 6.29. The molecular formula is C12H14ClN. The molecule has 1 N–H and O–H groups in total. The van der Waals surface area contributed by atoms with Crippen LogP contribution in [0.1, 0.15) is 17.5 Å². The maximum Gasteiger partial charge on any atom is 0.0501 e. The van der Waals surface area contributed by atoms with Crippen molar-refractivity contribution in [1.29, 1.82) is 0 Å². The van der Waals surface area contributed by atoms with Crippen LogP contribution in [-0.2, 0) is 12.8 Å². The van der Waals surface area contributed by atoms with Crippen LogP contribution in [0, 0.1) is 0 Å². The Balaban J connectivity index is 2.09. The summed E-state index contributed by atoms with van der Waals surface area (Å²) in [6.45, 7) is 4.28. The van der Waals surface area contributed by atoms with E-state index in [1.54, 1.807) is 0 Å². The topological polar surface area (TPSA) is 12.0 Å². The van der Waals surface area contributed by atoms with Crippen molar-refractivity contribution in [3.05, 3.63) is 40.9 Å². The zero-order valence-corrected chi connectivity index (χ0v) is 8.90. The number of hydrogen-bond donors (Lipinski definition) is 1. The highest BCUT2D eigenvalue weighted by Gasteiger charge is 2.10. The van der Waals surface area contributed by atoms with Gasteiger partial charge in [0.1, 0.15) is 0 Å². The fourth-order valence-corrected chi connectivity index (χ4v) is 1.95. The van der Waals surface area contributed by atoms with Crippen LogP contribution in [0.2, 0.25) is 0 Å². The standard InChI is InChI=1S/C12H14ClN/c1-9(13)8-14-12-6-5-10-3-2-4-11(10)7-12/h5-7,14H,1-4,8H2. The van der Waals surface area contributed by atoms with E-state index in [0.717, 1.165) is 5.69 Å². The average molecular weight is 208 g/mol. The van der Waals surface area contributed by atoms with Crippen LogP contribution < -0.4 is 5.32 Å². The molecule has 0 saturated heterocycles. The number of hydrogen-bond acceptors (Lipinski definition) is 1. The van der Waals surface area contributed by atoms with Gasteiger partial charge in [-0.25, -0.2) is 0 Å². The molecule has 1 aromatic rings. The molecule has 2 heteroatoms. The van der Waals surface area contributed by atoms with Gasteiger partial charge in [0.25, 0.3) is 0 Å². The Labute approximate surface area is 89.8 Å². The number of rotatable bonds is 3. The predicted molar refractivity (Wildman–Crippen MR) is 61.9 cm³/mol. The molecule has 0 spiro atoms. The van der Waals surface area contributed by atoms with Crippen molar-refractivity contribution >= 4 is 17.3 Å². The zero-order valence-electron chi connectivity index (χ0n) is 8.15. The van der Waals surface area contributed by atoms with Crippen LogP contribution >= 0.6 is 11.6 Å². The Morgan fingerprint density at radius 3 is 2.93 bits per heavy atom. The maximum absolute atomic E-state index is 5.69. The van der Waals surface area contributed by atoms with Gasteiger partial charge < -0.3 is 5.32 Å². The van der Waals surface area contributed by atoms with Gasteiger partial charge in [-0.2, -0.15) is 0 Å². The third-order valence-corrected chi connectivity index (χ3v) is 2.72. The van der Waals surface area contributed by atoms with E-state index in [1.165, 1.54) is 30.4 Å². The quantitative estimate of drug-likeness (QED) is 0.802. The van der Waals surface area contributed by atoms with Crippen LogP contribution in [0.3, 0.4) is 0 Å². The molecule has 0 atom stereocenters. The molecule has 1 aliphatic carbocycles. The van der Waals surface area contributed by atoms with Gasteiger partial charge >= 0.3 is 0 Å². The summed E-state index contributed by atoms with van der Waals surface area (Å²) in [5, 5.41) is 3.89. The lowest BCUT2D eigenvalue weighted by Crippen LogP contribution is -2.01. The maximum atomic E-state index is 5.69. The lowest BCUT2D eigenvalue weighted by Gasteiger charge is -2.07. The molecule has 1 aliphatic rings. The molecule has 0 aromatic heterocycles. The van der Waals surface area contributed by atoms with Crippen LogP contribution in [0.5, 0.6) is 0 Å². The van der Waals surface area contributed by atoms with Crippen molar-refractivity contribution in [3.8, 4) is 0 Å². The monoisotopic (exact) mass is 207 g/mol. The Morgan fingerprint density at radius 2 is 2.14 bits per heavy atom. The van der Waals surface area contributed by atoms with Crippen molar-refractivity contribution in [2.45, 2.75) is 19.3 Å². The summed E-state index contributed by atoms with van der Waals surface area (Å²) in [5.41, 5.74) is 4.13. The molecule has 0 aliphatic heterocycles. The second kappa shape index (κ2) is 4.05. The normalized spacial score (nSPS) is 13.8. The first-order chi connectivity index (χ1) is 6.75. The third kappa shape index (κ3) is 2.10. The molecule has 14 heavy (non-hydrogen) atoms. The average Bonchev–Trinajstić information content (AvgIpc) is 2.61.